The summed E-state index contributed by atoms with van der Waals surface area (Å²) in [4.78, 5) is 30.2. The summed E-state index contributed by atoms with van der Waals surface area (Å²) in [6, 6.07) is 15.2. The standard InChI is InChI=1S/C37H44ClFN2O4/c1-23(22-45-33-14-17-40-35-32(39)11-8-24(2)34(33)35)18-26-12-15-37(36(43)44-4,41-31-7-5-6-30(38)21-31)16-13-29-20-27(25(3)42)9-10-28(29)19-26/h5-7,9-10,14,17,20-21,23-24,26,32,41H,8,11-13,15-16,18-19,22H2,1-4H3/t23-,24-,26+,32-,37+/m1/s1. The fourth-order valence-corrected chi connectivity index (χ4v) is 7.31. The number of aromatic nitrogens is 1. The van der Waals surface area contributed by atoms with Gasteiger partial charge in [-0.05, 0) is 118 Å². The number of esters is 1. The molecule has 0 unspecified atom stereocenters. The van der Waals surface area contributed by atoms with Gasteiger partial charge in [0.25, 0.3) is 0 Å². The van der Waals surface area contributed by atoms with Crippen molar-refractivity contribution in [2.45, 2.75) is 89.8 Å². The summed E-state index contributed by atoms with van der Waals surface area (Å²) >= 11 is 6.31. The summed E-state index contributed by atoms with van der Waals surface area (Å²) in [5.41, 5.74) is 4.15. The van der Waals surface area contributed by atoms with Crippen LogP contribution in [-0.2, 0) is 22.4 Å². The van der Waals surface area contributed by atoms with Crippen LogP contribution < -0.4 is 10.1 Å². The summed E-state index contributed by atoms with van der Waals surface area (Å²) in [6.45, 7) is 6.37. The zero-order valence-electron chi connectivity index (χ0n) is 26.7. The molecule has 2 aromatic carbocycles. The highest BCUT2D eigenvalue weighted by molar-refractivity contribution is 6.30. The lowest BCUT2D eigenvalue weighted by atomic mass is 9.82. The largest absolute Gasteiger partial charge is 0.493 e. The number of carbonyl (C=O) groups is 2. The van der Waals surface area contributed by atoms with Crippen LogP contribution in [0.3, 0.4) is 0 Å². The molecule has 2 aliphatic carbocycles. The first-order valence-corrected chi connectivity index (χ1v) is 16.5. The Labute approximate surface area is 271 Å². The Balaban J connectivity index is 1.40. The van der Waals surface area contributed by atoms with E-state index in [2.05, 4.69) is 30.2 Å². The number of fused-ring (bicyclic) bond motifs is 2. The predicted octanol–water partition coefficient (Wildman–Crippen LogP) is 8.86. The SMILES string of the molecule is COC(=O)[C@@]1(Nc2cccc(Cl)c2)CCc2cc(C(C)=O)ccc2C[C@H](C[C@@H](C)COc2ccnc3c2[C@H](C)CC[C@H]3F)CC1. The molecule has 0 amide bonds. The Morgan fingerprint density at radius 1 is 1.11 bits per heavy atom. The second kappa shape index (κ2) is 14.3. The van der Waals surface area contributed by atoms with Gasteiger partial charge in [0.2, 0.25) is 0 Å². The molecule has 1 N–H and O–H groups in total. The lowest BCUT2D eigenvalue weighted by molar-refractivity contribution is -0.146. The molecule has 3 aromatic rings. The topological polar surface area (TPSA) is 77.5 Å². The quantitative estimate of drug-likeness (QED) is 0.187. The molecule has 0 radical (unpaired) electrons. The van der Waals surface area contributed by atoms with Crippen LogP contribution in [0.1, 0.15) is 104 Å². The van der Waals surface area contributed by atoms with Crippen molar-refractivity contribution in [3.05, 3.63) is 87.7 Å². The Morgan fingerprint density at radius 3 is 2.69 bits per heavy atom. The second-order valence-electron chi connectivity index (χ2n) is 13.1. The fraction of sp³-hybridized carbons (Fsp3) is 0.486. The number of ketones is 1. The zero-order valence-corrected chi connectivity index (χ0v) is 27.5. The van der Waals surface area contributed by atoms with Crippen molar-refractivity contribution in [1.29, 1.82) is 0 Å². The minimum Gasteiger partial charge on any atom is -0.493 e. The number of methoxy groups -OCH3 is 1. The highest BCUT2D eigenvalue weighted by Gasteiger charge is 2.41. The van der Waals surface area contributed by atoms with E-state index in [1.165, 1.54) is 12.7 Å². The minimum absolute atomic E-state index is 0.0166. The van der Waals surface area contributed by atoms with E-state index in [1.54, 1.807) is 19.2 Å². The number of alkyl halides is 1. The van der Waals surface area contributed by atoms with E-state index in [0.29, 0.717) is 48.6 Å². The lowest BCUT2D eigenvalue weighted by Gasteiger charge is -2.34. The number of halogens is 2. The summed E-state index contributed by atoms with van der Waals surface area (Å²) in [6.07, 6.45) is 6.06. The van der Waals surface area contributed by atoms with Crippen LogP contribution in [0.25, 0.3) is 0 Å². The smallest absolute Gasteiger partial charge is 0.331 e. The number of Topliss-reactive ketones (excluding diaryl/α,β-unsaturated/α-hetero) is 1. The predicted molar refractivity (Wildman–Crippen MR) is 176 cm³/mol. The second-order valence-corrected chi connectivity index (χ2v) is 13.5. The third kappa shape index (κ3) is 7.69. The molecule has 0 aliphatic heterocycles. The Hall–Kier alpha value is -3.45. The first-order chi connectivity index (χ1) is 21.6. The van der Waals surface area contributed by atoms with Gasteiger partial charge in [0.05, 0.1) is 19.4 Å². The molecule has 1 aromatic heterocycles. The first-order valence-electron chi connectivity index (χ1n) is 16.1. The summed E-state index contributed by atoms with van der Waals surface area (Å²) in [5, 5.41) is 4.10. The molecule has 5 atom stereocenters. The maximum absolute atomic E-state index is 14.7. The van der Waals surface area contributed by atoms with Gasteiger partial charge in [-0.2, -0.15) is 0 Å². The summed E-state index contributed by atoms with van der Waals surface area (Å²) in [5.74, 6) is 1.08. The molecule has 2 aliphatic rings. The number of hydrogen-bond acceptors (Lipinski definition) is 6. The van der Waals surface area contributed by atoms with Crippen LogP contribution in [0.5, 0.6) is 5.75 Å². The molecule has 0 spiro atoms. The molecule has 240 valence electrons. The minimum atomic E-state index is -1.05. The van der Waals surface area contributed by atoms with E-state index in [-0.39, 0.29) is 29.5 Å². The van der Waals surface area contributed by atoms with Crippen molar-refractivity contribution in [3.63, 3.8) is 0 Å². The van der Waals surface area contributed by atoms with E-state index < -0.39 is 11.7 Å². The van der Waals surface area contributed by atoms with Gasteiger partial charge in [-0.15, -0.1) is 0 Å². The molecule has 0 fully saturated rings. The van der Waals surface area contributed by atoms with Gasteiger partial charge < -0.3 is 14.8 Å². The number of pyridine rings is 1. The molecular weight excluding hydrogens is 591 g/mol. The van der Waals surface area contributed by atoms with Crippen molar-refractivity contribution in [2.75, 3.05) is 19.0 Å². The van der Waals surface area contributed by atoms with Crippen LogP contribution in [0.2, 0.25) is 5.02 Å². The number of hydrogen-bond donors (Lipinski definition) is 1. The highest BCUT2D eigenvalue weighted by Crippen LogP contribution is 2.43. The number of ether oxygens (including phenoxy) is 2. The first kappa shape index (κ1) is 32.9. The third-order valence-corrected chi connectivity index (χ3v) is 9.82. The van der Waals surface area contributed by atoms with E-state index in [1.807, 2.05) is 36.4 Å². The van der Waals surface area contributed by atoms with E-state index in [4.69, 9.17) is 21.1 Å². The summed E-state index contributed by atoms with van der Waals surface area (Å²) in [7, 11) is 1.43. The molecular formula is C37H44ClFN2O4. The van der Waals surface area contributed by atoms with Crippen molar-refractivity contribution in [1.82, 2.24) is 4.98 Å². The molecule has 6 nitrogen and oxygen atoms in total. The molecule has 0 bridgehead atoms. The van der Waals surface area contributed by atoms with Crippen molar-refractivity contribution in [3.8, 4) is 5.75 Å². The average Bonchev–Trinajstić information content (AvgIpc) is 3.09. The molecule has 1 heterocycles. The van der Waals surface area contributed by atoms with Gasteiger partial charge in [0.1, 0.15) is 17.5 Å². The van der Waals surface area contributed by atoms with Crippen molar-refractivity contribution in [2.24, 2.45) is 11.8 Å². The fourth-order valence-electron chi connectivity index (χ4n) is 7.12. The van der Waals surface area contributed by atoms with Crippen LogP contribution in [-0.4, -0.2) is 36.0 Å². The van der Waals surface area contributed by atoms with Gasteiger partial charge in [-0.25, -0.2) is 9.18 Å². The molecule has 8 heteroatoms. The number of anilines is 1. The number of rotatable bonds is 9. The number of benzene rings is 2. The zero-order chi connectivity index (χ0) is 32.1. The van der Waals surface area contributed by atoms with Crippen molar-refractivity contribution < 1.29 is 23.5 Å². The van der Waals surface area contributed by atoms with Crippen LogP contribution in [0.15, 0.2) is 54.7 Å². The third-order valence-electron chi connectivity index (χ3n) is 9.59. The van der Waals surface area contributed by atoms with Crippen molar-refractivity contribution >= 4 is 29.0 Å². The van der Waals surface area contributed by atoms with Gasteiger partial charge in [0.15, 0.2) is 5.78 Å². The maximum Gasteiger partial charge on any atom is 0.331 e. The van der Waals surface area contributed by atoms with Gasteiger partial charge >= 0.3 is 5.97 Å². The molecule has 0 saturated carbocycles. The number of nitrogens with zero attached hydrogens (tertiary/aromatic N) is 1. The lowest BCUT2D eigenvalue weighted by Crippen LogP contribution is -2.48. The molecule has 0 saturated heterocycles. The number of nitrogens with one attached hydrogen (secondary N) is 1. The van der Waals surface area contributed by atoms with Crippen LogP contribution in [0, 0.1) is 11.8 Å². The molecule has 45 heavy (non-hydrogen) atoms. The maximum atomic E-state index is 14.7. The Bertz CT molecular complexity index is 1530. The number of carbonyl (C=O) groups excluding carboxylic acids is 2. The van der Waals surface area contributed by atoms with Crippen LogP contribution in [0.4, 0.5) is 10.1 Å². The van der Waals surface area contributed by atoms with E-state index in [9.17, 15) is 14.0 Å². The highest BCUT2D eigenvalue weighted by atomic mass is 35.5. The number of aryl methyl sites for hydroxylation is 1. The van der Waals surface area contributed by atoms with Gasteiger partial charge in [-0.1, -0.05) is 43.6 Å². The van der Waals surface area contributed by atoms with E-state index in [0.717, 1.165) is 48.2 Å². The van der Waals surface area contributed by atoms with Gasteiger partial charge in [0, 0.05) is 28.0 Å². The molecule has 5 rings (SSSR count). The Morgan fingerprint density at radius 2 is 1.93 bits per heavy atom. The average molecular weight is 635 g/mol. The Kier molecular flexibility index (Phi) is 10.5. The normalized spacial score (nSPS) is 23.7. The van der Waals surface area contributed by atoms with Gasteiger partial charge in [-0.3, -0.25) is 9.78 Å². The van der Waals surface area contributed by atoms with Crippen LogP contribution >= 0.6 is 11.6 Å². The monoisotopic (exact) mass is 634 g/mol. The van der Waals surface area contributed by atoms with E-state index >= 15 is 0 Å². The summed E-state index contributed by atoms with van der Waals surface area (Å²) < 4.78 is 26.4.